The first-order valence-corrected chi connectivity index (χ1v) is 9.77. The smallest absolute Gasteiger partial charge is 0.243 e. The van der Waals surface area contributed by atoms with Crippen molar-refractivity contribution in [2.24, 2.45) is 0 Å². The maximum atomic E-state index is 12.3. The molecule has 4 atom stereocenters. The van der Waals surface area contributed by atoms with Gasteiger partial charge in [-0.25, -0.2) is 8.42 Å². The second-order valence-electron chi connectivity index (χ2n) is 6.70. The van der Waals surface area contributed by atoms with Crippen LogP contribution in [0, 0.1) is 0 Å². The zero-order valence-corrected chi connectivity index (χ0v) is 15.3. The highest BCUT2D eigenvalue weighted by Crippen LogP contribution is 2.40. The number of β-lactam (4-membered cyclic amide) rings is 1. The lowest BCUT2D eigenvalue weighted by Crippen LogP contribution is -2.72. The number of amides is 2. The molecular formula is C14H26N4O5S. The molecule has 2 rings (SSSR count). The maximum absolute atomic E-state index is 12.3. The Labute approximate surface area is 142 Å². The van der Waals surface area contributed by atoms with Crippen molar-refractivity contribution in [3.63, 3.8) is 0 Å². The van der Waals surface area contributed by atoms with Crippen LogP contribution in [0.15, 0.2) is 0 Å². The van der Waals surface area contributed by atoms with E-state index < -0.39 is 33.7 Å². The molecule has 10 heteroatoms. The number of aliphatic hydroxyl groups is 1. The molecule has 0 bridgehead atoms. The first-order valence-electron chi connectivity index (χ1n) is 7.92. The summed E-state index contributed by atoms with van der Waals surface area (Å²) in [6.45, 7) is 2.08. The average Bonchev–Trinajstić information content (AvgIpc) is 2.86. The molecule has 2 amide bonds. The summed E-state index contributed by atoms with van der Waals surface area (Å²) >= 11 is 0. The number of nitrogens with zero attached hydrogens (tertiary/aromatic N) is 2. The number of aliphatic hydroxyl groups excluding tert-OH is 1. The minimum absolute atomic E-state index is 0.255. The van der Waals surface area contributed by atoms with Crippen LogP contribution >= 0.6 is 0 Å². The molecule has 2 saturated heterocycles. The van der Waals surface area contributed by atoms with E-state index in [2.05, 4.69) is 10.6 Å². The number of likely N-dealkylation sites (N-methyl/N-ethyl adjacent to an activating group) is 2. The first kappa shape index (κ1) is 19.1. The Morgan fingerprint density at radius 3 is 2.58 bits per heavy atom. The van der Waals surface area contributed by atoms with Crippen molar-refractivity contribution in [3.05, 3.63) is 0 Å². The molecule has 2 aliphatic heterocycles. The molecule has 24 heavy (non-hydrogen) atoms. The Kier molecular flexibility index (Phi) is 5.24. The van der Waals surface area contributed by atoms with Gasteiger partial charge in [0.25, 0.3) is 0 Å². The highest BCUT2D eigenvalue weighted by Gasteiger charge is 2.60. The van der Waals surface area contributed by atoms with Crippen LogP contribution in [0.1, 0.15) is 19.8 Å². The van der Waals surface area contributed by atoms with Crippen molar-refractivity contribution >= 4 is 21.8 Å². The number of sulfonamides is 1. The van der Waals surface area contributed by atoms with Gasteiger partial charge in [0.1, 0.15) is 11.6 Å². The van der Waals surface area contributed by atoms with E-state index in [1.54, 1.807) is 11.9 Å². The van der Waals surface area contributed by atoms with Gasteiger partial charge in [-0.1, -0.05) is 0 Å². The Morgan fingerprint density at radius 1 is 1.58 bits per heavy atom. The van der Waals surface area contributed by atoms with Gasteiger partial charge in [0.05, 0.1) is 12.4 Å². The molecule has 2 heterocycles. The molecule has 9 nitrogen and oxygen atoms in total. The number of hydrogen-bond donors (Lipinski definition) is 3. The van der Waals surface area contributed by atoms with Gasteiger partial charge in [-0.3, -0.25) is 14.5 Å². The summed E-state index contributed by atoms with van der Waals surface area (Å²) in [5, 5.41) is 15.0. The van der Waals surface area contributed by atoms with Crippen LogP contribution in [0.3, 0.4) is 0 Å². The minimum atomic E-state index is -3.59. The Hall–Kier alpha value is -1.23. The summed E-state index contributed by atoms with van der Waals surface area (Å²) in [5.41, 5.74) is -0.994. The Balaban J connectivity index is 2.22. The number of rotatable bonds is 6. The average molecular weight is 362 g/mol. The largest absolute Gasteiger partial charge is 0.391 e. The summed E-state index contributed by atoms with van der Waals surface area (Å²) < 4.78 is 25.8. The maximum Gasteiger partial charge on any atom is 0.243 e. The van der Waals surface area contributed by atoms with Crippen LogP contribution in [-0.2, 0) is 19.6 Å². The lowest BCUT2D eigenvalue weighted by Gasteiger charge is -2.45. The van der Waals surface area contributed by atoms with Gasteiger partial charge in [-0.05, 0) is 26.8 Å². The molecule has 2 aliphatic rings. The highest BCUT2D eigenvalue weighted by atomic mass is 32.2. The van der Waals surface area contributed by atoms with Crippen LogP contribution in [0.5, 0.6) is 0 Å². The van der Waals surface area contributed by atoms with E-state index in [9.17, 15) is 23.1 Å². The molecule has 0 aromatic rings. The van der Waals surface area contributed by atoms with E-state index in [-0.39, 0.29) is 18.4 Å². The quantitative estimate of drug-likeness (QED) is 0.458. The van der Waals surface area contributed by atoms with E-state index in [0.29, 0.717) is 19.4 Å². The fraction of sp³-hybridized carbons (Fsp3) is 0.857. The summed E-state index contributed by atoms with van der Waals surface area (Å²) in [7, 11) is -0.438. The van der Waals surface area contributed by atoms with Crippen LogP contribution in [0.25, 0.3) is 0 Å². The highest BCUT2D eigenvalue weighted by molar-refractivity contribution is 7.88. The van der Waals surface area contributed by atoms with Crippen molar-refractivity contribution in [2.45, 2.75) is 43.5 Å². The molecule has 2 unspecified atom stereocenters. The molecule has 0 radical (unpaired) electrons. The molecule has 3 N–H and O–H groups in total. The molecule has 0 aromatic carbocycles. The van der Waals surface area contributed by atoms with Crippen molar-refractivity contribution < 1.29 is 23.1 Å². The predicted molar refractivity (Wildman–Crippen MR) is 87.6 cm³/mol. The molecule has 1 spiro atoms. The third-order valence-electron chi connectivity index (χ3n) is 4.91. The number of nitrogens with one attached hydrogen (secondary N) is 2. The van der Waals surface area contributed by atoms with Crippen molar-refractivity contribution in [3.8, 4) is 0 Å². The van der Waals surface area contributed by atoms with Gasteiger partial charge in [0, 0.05) is 26.2 Å². The van der Waals surface area contributed by atoms with Crippen molar-refractivity contribution in [1.82, 2.24) is 19.8 Å². The van der Waals surface area contributed by atoms with E-state index in [4.69, 9.17) is 0 Å². The van der Waals surface area contributed by atoms with E-state index in [0.717, 1.165) is 6.26 Å². The summed E-state index contributed by atoms with van der Waals surface area (Å²) in [6, 6.07) is -1.20. The number of carbonyl (C=O) groups excluding carboxylic acids is 2. The van der Waals surface area contributed by atoms with E-state index in [1.807, 2.05) is 0 Å². The predicted octanol–water partition coefficient (Wildman–Crippen LogP) is -2.29. The van der Waals surface area contributed by atoms with Crippen LogP contribution in [0.4, 0.5) is 0 Å². The van der Waals surface area contributed by atoms with Gasteiger partial charge in [-0.15, -0.1) is 0 Å². The summed E-state index contributed by atoms with van der Waals surface area (Å²) in [5.74, 6) is -0.607. The minimum Gasteiger partial charge on any atom is -0.391 e. The van der Waals surface area contributed by atoms with Crippen molar-refractivity contribution in [2.75, 3.05) is 33.4 Å². The zero-order valence-electron chi connectivity index (χ0n) is 14.4. The molecule has 2 fully saturated rings. The van der Waals surface area contributed by atoms with Gasteiger partial charge < -0.3 is 15.7 Å². The summed E-state index contributed by atoms with van der Waals surface area (Å²) in [4.78, 5) is 25.6. The molecule has 0 aliphatic carbocycles. The van der Waals surface area contributed by atoms with Crippen LogP contribution < -0.4 is 10.6 Å². The SMILES string of the molecule is CNC(=O)[C@H]([C@@H](C)O)N(C)CC1CCC2(CNC2=O)N1S(C)(=O)=O. The van der Waals surface area contributed by atoms with Gasteiger partial charge in [-0.2, -0.15) is 4.31 Å². The topological polar surface area (TPSA) is 119 Å². The molecule has 0 aromatic heterocycles. The Morgan fingerprint density at radius 2 is 2.21 bits per heavy atom. The van der Waals surface area contributed by atoms with Crippen LogP contribution in [-0.4, -0.2) is 91.7 Å². The second-order valence-corrected chi connectivity index (χ2v) is 8.56. The zero-order chi connectivity index (χ0) is 18.3. The third-order valence-corrected chi connectivity index (χ3v) is 6.27. The van der Waals surface area contributed by atoms with Crippen LogP contribution in [0.2, 0.25) is 0 Å². The van der Waals surface area contributed by atoms with Crippen molar-refractivity contribution in [1.29, 1.82) is 0 Å². The fourth-order valence-electron chi connectivity index (χ4n) is 3.86. The molecular weight excluding hydrogens is 336 g/mol. The fourth-order valence-corrected chi connectivity index (χ4v) is 5.45. The first-order chi connectivity index (χ1) is 11.0. The van der Waals surface area contributed by atoms with E-state index in [1.165, 1.54) is 18.3 Å². The standard InChI is InChI=1S/C14H26N4O5S/c1-9(19)11(12(20)15-2)17(3)7-10-5-6-14(8-16-13(14)21)18(10)24(4,22)23/h9-11,19H,5-8H2,1-4H3,(H,15,20)(H,16,21)/t9-,10?,11+,14?/m1/s1. The monoisotopic (exact) mass is 362 g/mol. The molecule has 138 valence electrons. The third kappa shape index (κ3) is 3.15. The van der Waals surface area contributed by atoms with Gasteiger partial charge in [0.15, 0.2) is 0 Å². The lowest BCUT2D eigenvalue weighted by atomic mass is 9.90. The van der Waals surface area contributed by atoms with E-state index >= 15 is 0 Å². The number of hydrogen-bond acceptors (Lipinski definition) is 6. The summed E-state index contributed by atoms with van der Waals surface area (Å²) in [6.07, 6.45) is 1.18. The number of carbonyl (C=O) groups is 2. The molecule has 0 saturated carbocycles. The normalized spacial score (nSPS) is 30.1. The lowest BCUT2D eigenvalue weighted by molar-refractivity contribution is -0.138. The second kappa shape index (κ2) is 6.58. The van der Waals surface area contributed by atoms with Gasteiger partial charge in [0.2, 0.25) is 21.8 Å². The van der Waals surface area contributed by atoms with Gasteiger partial charge >= 0.3 is 0 Å². The Bertz CT molecular complexity index is 623.